The third-order valence-corrected chi connectivity index (χ3v) is 3.63. The minimum atomic E-state index is -3.82. The van der Waals surface area contributed by atoms with Crippen LogP contribution in [0.3, 0.4) is 0 Å². The van der Waals surface area contributed by atoms with E-state index in [9.17, 15) is 18.0 Å². The number of aromatic nitrogens is 2. The first-order valence-corrected chi connectivity index (χ1v) is 6.37. The van der Waals surface area contributed by atoms with Crippen LogP contribution in [0.5, 0.6) is 0 Å². The SMILES string of the molecule is NC(=O)CNS(=O)(=O)c1ccc2[nH]c(=O)[nH]c2c1. The highest BCUT2D eigenvalue weighted by molar-refractivity contribution is 7.89. The van der Waals surface area contributed by atoms with Crippen molar-refractivity contribution < 1.29 is 13.2 Å². The number of nitrogens with one attached hydrogen (secondary N) is 3. The van der Waals surface area contributed by atoms with E-state index in [-0.39, 0.29) is 4.90 Å². The minimum absolute atomic E-state index is 0.0634. The summed E-state index contributed by atoms with van der Waals surface area (Å²) in [6, 6.07) is 4.05. The van der Waals surface area contributed by atoms with E-state index in [1.807, 2.05) is 4.72 Å². The molecule has 18 heavy (non-hydrogen) atoms. The fraction of sp³-hybridized carbons (Fsp3) is 0.111. The molecular formula is C9H10N4O4S. The molecule has 0 unspecified atom stereocenters. The Labute approximate surface area is 101 Å². The van der Waals surface area contributed by atoms with E-state index < -0.39 is 28.2 Å². The van der Waals surface area contributed by atoms with Gasteiger partial charge in [0, 0.05) is 0 Å². The summed E-state index contributed by atoms with van der Waals surface area (Å²) in [4.78, 5) is 26.4. The summed E-state index contributed by atoms with van der Waals surface area (Å²) in [5, 5.41) is 0. The van der Waals surface area contributed by atoms with Crippen molar-refractivity contribution >= 4 is 27.0 Å². The number of fused-ring (bicyclic) bond motifs is 1. The van der Waals surface area contributed by atoms with E-state index >= 15 is 0 Å². The summed E-state index contributed by atoms with van der Waals surface area (Å²) in [6.07, 6.45) is 0. The highest BCUT2D eigenvalue weighted by atomic mass is 32.2. The summed E-state index contributed by atoms with van der Waals surface area (Å²) in [5.41, 5.74) is 5.28. The van der Waals surface area contributed by atoms with Crippen LogP contribution in [0.25, 0.3) is 11.0 Å². The van der Waals surface area contributed by atoms with Crippen molar-refractivity contribution in [3.8, 4) is 0 Å². The first-order valence-electron chi connectivity index (χ1n) is 4.88. The van der Waals surface area contributed by atoms with E-state index in [0.717, 1.165) is 0 Å². The maximum absolute atomic E-state index is 11.8. The van der Waals surface area contributed by atoms with Gasteiger partial charge in [-0.2, -0.15) is 0 Å². The molecule has 5 N–H and O–H groups in total. The summed E-state index contributed by atoms with van der Waals surface area (Å²) in [5.74, 6) is -0.783. The van der Waals surface area contributed by atoms with Crippen LogP contribution >= 0.6 is 0 Å². The van der Waals surface area contributed by atoms with Crippen molar-refractivity contribution in [1.29, 1.82) is 0 Å². The normalized spacial score (nSPS) is 11.8. The number of amides is 1. The van der Waals surface area contributed by atoms with Gasteiger partial charge in [0.1, 0.15) is 0 Å². The molecule has 0 fully saturated rings. The number of nitrogens with two attached hydrogens (primary N) is 1. The van der Waals surface area contributed by atoms with Gasteiger partial charge < -0.3 is 15.7 Å². The number of H-pyrrole nitrogens is 2. The topological polar surface area (TPSA) is 138 Å². The lowest BCUT2D eigenvalue weighted by atomic mass is 10.3. The monoisotopic (exact) mass is 270 g/mol. The zero-order valence-corrected chi connectivity index (χ0v) is 9.87. The number of primary amides is 1. The van der Waals surface area contributed by atoms with Crippen molar-refractivity contribution in [2.75, 3.05) is 6.54 Å². The Morgan fingerprint density at radius 3 is 2.61 bits per heavy atom. The van der Waals surface area contributed by atoms with Crippen LogP contribution in [-0.2, 0) is 14.8 Å². The Morgan fingerprint density at radius 1 is 1.28 bits per heavy atom. The van der Waals surface area contributed by atoms with Crippen molar-refractivity contribution in [3.05, 3.63) is 28.7 Å². The van der Waals surface area contributed by atoms with Crippen LogP contribution in [0.1, 0.15) is 0 Å². The largest absolute Gasteiger partial charge is 0.369 e. The van der Waals surface area contributed by atoms with E-state index in [2.05, 4.69) is 9.97 Å². The van der Waals surface area contributed by atoms with E-state index in [1.165, 1.54) is 18.2 Å². The molecule has 0 aliphatic heterocycles. The molecule has 1 amide bonds. The Balaban J connectivity index is 2.41. The molecule has 0 saturated carbocycles. The Hall–Kier alpha value is -2.13. The number of hydrogen-bond donors (Lipinski definition) is 4. The second-order valence-corrected chi connectivity index (χ2v) is 5.34. The van der Waals surface area contributed by atoms with Crippen molar-refractivity contribution in [3.63, 3.8) is 0 Å². The number of benzene rings is 1. The molecule has 1 aromatic heterocycles. The average Bonchev–Trinajstić information content (AvgIpc) is 2.65. The fourth-order valence-electron chi connectivity index (χ4n) is 1.43. The third-order valence-electron chi connectivity index (χ3n) is 2.23. The molecule has 96 valence electrons. The Bertz CT molecular complexity index is 758. The smallest absolute Gasteiger partial charge is 0.323 e. The van der Waals surface area contributed by atoms with Crippen LogP contribution in [0, 0.1) is 0 Å². The molecule has 8 nitrogen and oxygen atoms in total. The van der Waals surface area contributed by atoms with Crippen LogP contribution in [0.2, 0.25) is 0 Å². The molecular weight excluding hydrogens is 260 g/mol. The highest BCUT2D eigenvalue weighted by Gasteiger charge is 2.15. The van der Waals surface area contributed by atoms with Gasteiger partial charge in [0.25, 0.3) is 0 Å². The molecule has 0 aliphatic carbocycles. The van der Waals surface area contributed by atoms with Crippen molar-refractivity contribution in [2.24, 2.45) is 5.73 Å². The number of sulfonamides is 1. The van der Waals surface area contributed by atoms with E-state index in [0.29, 0.717) is 11.0 Å². The molecule has 1 aromatic carbocycles. The van der Waals surface area contributed by atoms with Crippen LogP contribution in [0.15, 0.2) is 27.9 Å². The van der Waals surface area contributed by atoms with Gasteiger partial charge in [-0.15, -0.1) is 0 Å². The number of rotatable bonds is 4. The van der Waals surface area contributed by atoms with Gasteiger partial charge >= 0.3 is 5.69 Å². The predicted octanol–water partition coefficient (Wildman–Crippen LogP) is -1.38. The van der Waals surface area contributed by atoms with Gasteiger partial charge in [-0.25, -0.2) is 17.9 Å². The maximum Gasteiger partial charge on any atom is 0.323 e. The molecule has 2 aromatic rings. The first kappa shape index (κ1) is 12.3. The second kappa shape index (κ2) is 4.27. The van der Waals surface area contributed by atoms with Gasteiger partial charge in [0.2, 0.25) is 15.9 Å². The van der Waals surface area contributed by atoms with Crippen molar-refractivity contribution in [2.45, 2.75) is 4.90 Å². The highest BCUT2D eigenvalue weighted by Crippen LogP contribution is 2.14. The summed E-state index contributed by atoms with van der Waals surface area (Å²) >= 11 is 0. The number of hydrogen-bond acceptors (Lipinski definition) is 4. The Morgan fingerprint density at radius 2 is 1.94 bits per heavy atom. The second-order valence-electron chi connectivity index (χ2n) is 3.58. The molecule has 0 saturated heterocycles. The van der Waals surface area contributed by atoms with E-state index in [1.54, 1.807) is 0 Å². The quantitative estimate of drug-likeness (QED) is 0.544. The number of aromatic amines is 2. The molecule has 0 bridgehead atoms. The molecule has 0 spiro atoms. The molecule has 0 atom stereocenters. The maximum atomic E-state index is 11.8. The zero-order chi connectivity index (χ0) is 13.3. The Kier molecular flexibility index (Phi) is 2.93. The first-order chi connectivity index (χ1) is 8.38. The summed E-state index contributed by atoms with van der Waals surface area (Å²) in [6.45, 7) is -0.482. The third kappa shape index (κ3) is 2.41. The summed E-state index contributed by atoms with van der Waals surface area (Å²) < 4.78 is 25.6. The van der Waals surface area contributed by atoms with Gasteiger partial charge in [-0.05, 0) is 18.2 Å². The zero-order valence-electron chi connectivity index (χ0n) is 9.06. The van der Waals surface area contributed by atoms with Gasteiger partial charge in [0.15, 0.2) is 0 Å². The standard InChI is InChI=1S/C9H10N4O4S/c10-8(14)4-11-18(16,17)5-1-2-6-7(3-5)13-9(15)12-6/h1-3,11H,4H2,(H2,10,14)(H2,12,13,15). The number of carbonyl (C=O) groups is 1. The fourth-order valence-corrected chi connectivity index (χ4v) is 2.45. The number of carbonyl (C=O) groups excluding carboxylic acids is 1. The lowest BCUT2D eigenvalue weighted by molar-refractivity contribution is -0.116. The summed E-state index contributed by atoms with van der Waals surface area (Å²) in [7, 11) is -3.82. The molecule has 0 aliphatic rings. The molecule has 9 heteroatoms. The van der Waals surface area contributed by atoms with Crippen LogP contribution in [-0.4, -0.2) is 30.8 Å². The predicted molar refractivity (Wildman–Crippen MR) is 63.3 cm³/mol. The molecule has 1 heterocycles. The molecule has 2 rings (SSSR count). The van der Waals surface area contributed by atoms with Crippen LogP contribution < -0.4 is 16.1 Å². The lowest BCUT2D eigenvalue weighted by Gasteiger charge is -2.04. The van der Waals surface area contributed by atoms with Gasteiger partial charge in [-0.1, -0.05) is 0 Å². The average molecular weight is 270 g/mol. The van der Waals surface area contributed by atoms with E-state index in [4.69, 9.17) is 5.73 Å². The van der Waals surface area contributed by atoms with Gasteiger partial charge in [-0.3, -0.25) is 4.79 Å². The molecule has 0 radical (unpaired) electrons. The van der Waals surface area contributed by atoms with Crippen molar-refractivity contribution in [1.82, 2.24) is 14.7 Å². The van der Waals surface area contributed by atoms with Gasteiger partial charge in [0.05, 0.1) is 22.5 Å². The minimum Gasteiger partial charge on any atom is -0.369 e. The lowest BCUT2D eigenvalue weighted by Crippen LogP contribution is -2.33. The number of imidazole rings is 1. The van der Waals surface area contributed by atoms with Crippen LogP contribution in [0.4, 0.5) is 0 Å².